The third-order valence-electron chi connectivity index (χ3n) is 2.52. The molecule has 2 N–H and O–H groups in total. The van der Waals surface area contributed by atoms with Gasteiger partial charge >= 0.3 is 0 Å². The Morgan fingerprint density at radius 1 is 1.47 bits per heavy atom. The summed E-state index contributed by atoms with van der Waals surface area (Å²) in [5.74, 6) is 3.63. The zero-order chi connectivity index (χ0) is 13.8. The average Bonchev–Trinajstić information content (AvgIpc) is 2.97. The smallest absolute Gasteiger partial charge is 0.248 e. The van der Waals surface area contributed by atoms with E-state index < -0.39 is 6.04 Å². The van der Waals surface area contributed by atoms with Gasteiger partial charge in [0.1, 0.15) is 6.04 Å². The average molecular weight is 281 g/mol. The maximum atomic E-state index is 6.06. The summed E-state index contributed by atoms with van der Waals surface area (Å²) in [5.41, 5.74) is 6.93. The zero-order valence-electron chi connectivity index (χ0n) is 11.4. The van der Waals surface area contributed by atoms with E-state index in [1.165, 1.54) is 0 Å². The van der Waals surface area contributed by atoms with Gasteiger partial charge in [-0.15, -0.1) is 0 Å². The largest absolute Gasteiger partial charge is 0.337 e. The van der Waals surface area contributed by atoms with E-state index in [9.17, 15) is 0 Å². The molecule has 2 rings (SSSR count). The van der Waals surface area contributed by atoms with Crippen molar-refractivity contribution in [3.05, 3.63) is 29.7 Å². The molecule has 0 aliphatic heterocycles. The van der Waals surface area contributed by atoms with E-state index in [-0.39, 0.29) is 0 Å². The zero-order valence-corrected chi connectivity index (χ0v) is 12.2. The fourth-order valence-electron chi connectivity index (χ4n) is 1.58. The van der Waals surface area contributed by atoms with Crippen molar-refractivity contribution in [3.63, 3.8) is 0 Å². The summed E-state index contributed by atoms with van der Waals surface area (Å²) in [5, 5.41) is 8.03. The van der Waals surface area contributed by atoms with E-state index in [2.05, 4.69) is 29.1 Å². The second-order valence-corrected chi connectivity index (χ2v) is 5.91. The SMILES string of the molecule is CC(C)CSCc1noc(C(N)c2cnn(C)c2)n1. The van der Waals surface area contributed by atoms with Gasteiger partial charge in [0.05, 0.1) is 11.9 Å². The molecular formula is C12H19N5OS. The van der Waals surface area contributed by atoms with Crippen molar-refractivity contribution in [1.29, 1.82) is 0 Å². The lowest BCUT2D eigenvalue weighted by molar-refractivity contribution is 0.363. The molecule has 7 heteroatoms. The van der Waals surface area contributed by atoms with Gasteiger partial charge in [0.25, 0.3) is 0 Å². The number of aryl methyl sites for hydroxylation is 1. The highest BCUT2D eigenvalue weighted by molar-refractivity contribution is 7.98. The van der Waals surface area contributed by atoms with Crippen LogP contribution in [0.25, 0.3) is 0 Å². The Hall–Kier alpha value is -1.34. The van der Waals surface area contributed by atoms with Gasteiger partial charge in [-0.05, 0) is 11.7 Å². The van der Waals surface area contributed by atoms with Crippen molar-refractivity contribution in [2.24, 2.45) is 18.7 Å². The van der Waals surface area contributed by atoms with Crippen molar-refractivity contribution in [3.8, 4) is 0 Å². The summed E-state index contributed by atoms with van der Waals surface area (Å²) < 4.78 is 6.91. The molecule has 0 amide bonds. The summed E-state index contributed by atoms with van der Waals surface area (Å²) in [4.78, 5) is 4.33. The molecule has 0 radical (unpaired) electrons. The van der Waals surface area contributed by atoms with Crippen LogP contribution >= 0.6 is 11.8 Å². The molecular weight excluding hydrogens is 262 g/mol. The van der Waals surface area contributed by atoms with Crippen LogP contribution in [-0.2, 0) is 12.8 Å². The number of rotatable bonds is 6. The van der Waals surface area contributed by atoms with Gasteiger partial charge in [-0.2, -0.15) is 21.8 Å². The van der Waals surface area contributed by atoms with E-state index in [4.69, 9.17) is 10.3 Å². The second-order valence-electron chi connectivity index (χ2n) is 4.88. The van der Waals surface area contributed by atoms with Gasteiger partial charge in [-0.3, -0.25) is 4.68 Å². The first-order valence-electron chi connectivity index (χ1n) is 6.20. The quantitative estimate of drug-likeness (QED) is 0.868. The molecule has 0 spiro atoms. The highest BCUT2D eigenvalue weighted by atomic mass is 32.2. The molecule has 0 bridgehead atoms. The molecule has 2 heterocycles. The highest BCUT2D eigenvalue weighted by Crippen LogP contribution is 2.19. The monoisotopic (exact) mass is 281 g/mol. The van der Waals surface area contributed by atoms with E-state index in [1.54, 1.807) is 22.6 Å². The first kappa shape index (κ1) is 14.1. The summed E-state index contributed by atoms with van der Waals surface area (Å²) in [6.45, 7) is 4.37. The summed E-state index contributed by atoms with van der Waals surface area (Å²) in [6.07, 6.45) is 3.56. The predicted molar refractivity (Wildman–Crippen MR) is 74.5 cm³/mol. The third kappa shape index (κ3) is 3.81. The fourth-order valence-corrected chi connectivity index (χ4v) is 2.47. The number of nitrogens with zero attached hydrogens (tertiary/aromatic N) is 4. The van der Waals surface area contributed by atoms with Gasteiger partial charge in [-0.25, -0.2) is 0 Å². The Morgan fingerprint density at radius 2 is 2.26 bits per heavy atom. The lowest BCUT2D eigenvalue weighted by Crippen LogP contribution is -2.11. The van der Waals surface area contributed by atoms with Crippen LogP contribution in [0.1, 0.15) is 37.2 Å². The van der Waals surface area contributed by atoms with E-state index in [0.717, 1.165) is 17.1 Å². The van der Waals surface area contributed by atoms with Crippen LogP contribution in [0.4, 0.5) is 0 Å². The summed E-state index contributed by atoms with van der Waals surface area (Å²) >= 11 is 1.80. The Labute approximate surface area is 116 Å². The normalized spacial score (nSPS) is 13.1. The van der Waals surface area contributed by atoms with E-state index in [1.807, 2.05) is 13.2 Å². The van der Waals surface area contributed by atoms with Crippen LogP contribution in [0.5, 0.6) is 0 Å². The Balaban J connectivity index is 1.96. The van der Waals surface area contributed by atoms with E-state index in [0.29, 0.717) is 17.6 Å². The van der Waals surface area contributed by atoms with Crippen molar-refractivity contribution in [2.75, 3.05) is 5.75 Å². The Kier molecular flexibility index (Phi) is 4.60. The molecule has 0 fully saturated rings. The Morgan fingerprint density at radius 3 is 2.89 bits per heavy atom. The number of hydrogen-bond acceptors (Lipinski definition) is 6. The molecule has 2 aromatic rings. The van der Waals surface area contributed by atoms with Crippen LogP contribution in [0.15, 0.2) is 16.9 Å². The van der Waals surface area contributed by atoms with Gasteiger partial charge in [-0.1, -0.05) is 19.0 Å². The molecule has 2 aromatic heterocycles. The van der Waals surface area contributed by atoms with Crippen LogP contribution in [0.2, 0.25) is 0 Å². The lowest BCUT2D eigenvalue weighted by Gasteiger charge is -2.02. The molecule has 19 heavy (non-hydrogen) atoms. The predicted octanol–water partition coefficient (Wildman–Crippen LogP) is 1.74. The second kappa shape index (κ2) is 6.21. The Bertz CT molecular complexity index is 522. The third-order valence-corrected chi connectivity index (χ3v) is 3.88. The molecule has 0 aliphatic carbocycles. The molecule has 0 saturated carbocycles. The van der Waals surface area contributed by atoms with Crippen molar-refractivity contribution < 1.29 is 4.52 Å². The number of nitrogens with two attached hydrogens (primary N) is 1. The summed E-state index contributed by atoms with van der Waals surface area (Å²) in [7, 11) is 1.85. The van der Waals surface area contributed by atoms with Crippen LogP contribution in [0, 0.1) is 5.92 Å². The first-order valence-corrected chi connectivity index (χ1v) is 7.36. The summed E-state index contributed by atoms with van der Waals surface area (Å²) in [6, 6.07) is -0.412. The maximum Gasteiger partial charge on any atom is 0.248 e. The molecule has 6 nitrogen and oxygen atoms in total. The molecule has 0 saturated heterocycles. The topological polar surface area (TPSA) is 82.8 Å². The fraction of sp³-hybridized carbons (Fsp3) is 0.583. The van der Waals surface area contributed by atoms with Gasteiger partial charge < -0.3 is 10.3 Å². The first-order chi connectivity index (χ1) is 9.06. The van der Waals surface area contributed by atoms with Crippen LogP contribution < -0.4 is 5.73 Å². The number of thioether (sulfide) groups is 1. The molecule has 0 aromatic carbocycles. The molecule has 0 aliphatic rings. The minimum atomic E-state index is -0.412. The van der Waals surface area contributed by atoms with Crippen molar-refractivity contribution >= 4 is 11.8 Å². The van der Waals surface area contributed by atoms with Gasteiger partial charge in [0, 0.05) is 18.8 Å². The standard InChI is InChI=1S/C12H19N5OS/c1-8(2)6-19-7-10-15-12(18-16-10)11(13)9-4-14-17(3)5-9/h4-5,8,11H,6-7,13H2,1-3H3. The number of hydrogen-bond donors (Lipinski definition) is 1. The van der Waals surface area contributed by atoms with Crippen molar-refractivity contribution in [1.82, 2.24) is 19.9 Å². The highest BCUT2D eigenvalue weighted by Gasteiger charge is 2.18. The van der Waals surface area contributed by atoms with Crippen molar-refractivity contribution in [2.45, 2.75) is 25.6 Å². The molecule has 104 valence electrons. The van der Waals surface area contributed by atoms with Gasteiger partial charge in [0.15, 0.2) is 5.82 Å². The van der Waals surface area contributed by atoms with Crippen LogP contribution in [0.3, 0.4) is 0 Å². The minimum absolute atomic E-state index is 0.412. The van der Waals surface area contributed by atoms with E-state index >= 15 is 0 Å². The molecule has 1 atom stereocenters. The number of aromatic nitrogens is 4. The maximum absolute atomic E-state index is 6.06. The lowest BCUT2D eigenvalue weighted by atomic mass is 10.2. The van der Waals surface area contributed by atoms with Gasteiger partial charge in [0.2, 0.25) is 5.89 Å². The minimum Gasteiger partial charge on any atom is -0.337 e. The molecule has 1 unspecified atom stereocenters. The van der Waals surface area contributed by atoms with Crippen LogP contribution in [-0.4, -0.2) is 25.7 Å².